The molecule has 0 saturated carbocycles. The molecule has 2 aromatic heterocycles. The molecule has 0 saturated heterocycles. The summed E-state index contributed by atoms with van der Waals surface area (Å²) in [6, 6.07) is 14.3. The van der Waals surface area contributed by atoms with Gasteiger partial charge in [0.25, 0.3) is 5.56 Å². The first-order valence-electron chi connectivity index (χ1n) is 11.2. The molecule has 0 aliphatic heterocycles. The summed E-state index contributed by atoms with van der Waals surface area (Å²) < 4.78 is 19.6. The summed E-state index contributed by atoms with van der Waals surface area (Å²) in [5.74, 6) is 0.345. The normalized spacial score (nSPS) is 11.0. The van der Waals surface area contributed by atoms with Crippen molar-refractivity contribution in [3.8, 4) is 11.5 Å². The molecule has 0 aliphatic carbocycles. The summed E-state index contributed by atoms with van der Waals surface area (Å²) in [6.07, 6.45) is 1.50. The Bertz CT molecular complexity index is 1490. The second kappa shape index (κ2) is 10.9. The Morgan fingerprint density at radius 1 is 1.00 bits per heavy atom. The molecule has 188 valence electrons. The molecule has 2 aromatic carbocycles. The minimum absolute atomic E-state index is 0.184. The Balaban J connectivity index is 1.77. The van der Waals surface area contributed by atoms with Crippen LogP contribution >= 0.6 is 0 Å². The van der Waals surface area contributed by atoms with Gasteiger partial charge in [-0.25, -0.2) is 14.3 Å². The maximum atomic E-state index is 13.5. The molecule has 1 amide bonds. The number of anilines is 1. The smallest absolute Gasteiger partial charge is 0.333 e. The maximum Gasteiger partial charge on any atom is 0.333 e. The van der Waals surface area contributed by atoms with E-state index in [1.807, 2.05) is 30.3 Å². The molecule has 36 heavy (non-hydrogen) atoms. The number of amides is 1. The van der Waals surface area contributed by atoms with Gasteiger partial charge >= 0.3 is 5.69 Å². The molecule has 0 fully saturated rings. The standard InChI is InChI=1S/C25H27N5O6/c1-34-12-11-28-16-26-23-22(28)24(32)30(25(33)29(23)14-17-7-5-4-6-8-17)15-21(31)27-19-13-18(35-2)9-10-20(19)36-3/h4-10,13,16H,11-12,14-15H2,1-3H3,(H,27,31). The van der Waals surface area contributed by atoms with Crippen LogP contribution in [0.25, 0.3) is 11.2 Å². The molecular weight excluding hydrogens is 466 g/mol. The highest BCUT2D eigenvalue weighted by Crippen LogP contribution is 2.28. The lowest BCUT2D eigenvalue weighted by molar-refractivity contribution is -0.116. The Labute approximate surface area is 206 Å². The predicted molar refractivity (Wildman–Crippen MR) is 134 cm³/mol. The molecule has 0 spiro atoms. The van der Waals surface area contributed by atoms with E-state index in [-0.39, 0.29) is 17.7 Å². The first kappa shape index (κ1) is 24.7. The first-order valence-corrected chi connectivity index (χ1v) is 11.2. The van der Waals surface area contributed by atoms with E-state index in [4.69, 9.17) is 14.2 Å². The summed E-state index contributed by atoms with van der Waals surface area (Å²) in [6.45, 7) is 0.388. The van der Waals surface area contributed by atoms with Gasteiger partial charge in [-0.1, -0.05) is 30.3 Å². The van der Waals surface area contributed by atoms with Crippen LogP contribution in [0.15, 0.2) is 64.4 Å². The van der Waals surface area contributed by atoms with Crippen LogP contribution in [0.2, 0.25) is 0 Å². The third-order valence-electron chi connectivity index (χ3n) is 5.69. The van der Waals surface area contributed by atoms with Gasteiger partial charge in [-0.2, -0.15) is 0 Å². The number of aromatic nitrogens is 4. The zero-order valence-electron chi connectivity index (χ0n) is 20.3. The molecule has 11 nitrogen and oxygen atoms in total. The molecule has 0 atom stereocenters. The number of hydrogen-bond donors (Lipinski definition) is 1. The first-order chi connectivity index (χ1) is 17.5. The Kier molecular flexibility index (Phi) is 7.50. The van der Waals surface area contributed by atoms with E-state index >= 15 is 0 Å². The van der Waals surface area contributed by atoms with Crippen LogP contribution in [0.1, 0.15) is 5.56 Å². The molecule has 11 heteroatoms. The highest BCUT2D eigenvalue weighted by molar-refractivity contribution is 5.92. The van der Waals surface area contributed by atoms with E-state index in [0.29, 0.717) is 30.3 Å². The van der Waals surface area contributed by atoms with Crippen molar-refractivity contribution in [3.05, 3.63) is 81.3 Å². The van der Waals surface area contributed by atoms with Gasteiger partial charge in [-0.3, -0.25) is 14.2 Å². The van der Waals surface area contributed by atoms with E-state index in [1.165, 1.54) is 25.1 Å². The van der Waals surface area contributed by atoms with Crippen LogP contribution in [0.4, 0.5) is 5.69 Å². The van der Waals surface area contributed by atoms with Crippen LogP contribution in [-0.2, 0) is 29.2 Å². The number of benzene rings is 2. The summed E-state index contributed by atoms with van der Waals surface area (Å²) in [5.41, 5.74) is 0.418. The number of nitrogens with one attached hydrogen (secondary N) is 1. The fourth-order valence-corrected chi connectivity index (χ4v) is 3.89. The van der Waals surface area contributed by atoms with Crippen molar-refractivity contribution in [1.29, 1.82) is 0 Å². The number of methoxy groups -OCH3 is 3. The third-order valence-corrected chi connectivity index (χ3v) is 5.69. The van der Waals surface area contributed by atoms with Gasteiger partial charge in [-0.05, 0) is 17.7 Å². The van der Waals surface area contributed by atoms with Crippen molar-refractivity contribution < 1.29 is 19.0 Å². The van der Waals surface area contributed by atoms with Crippen LogP contribution < -0.4 is 26.0 Å². The Morgan fingerprint density at radius 3 is 2.47 bits per heavy atom. The number of nitrogens with zero attached hydrogens (tertiary/aromatic N) is 4. The Morgan fingerprint density at radius 2 is 1.78 bits per heavy atom. The van der Waals surface area contributed by atoms with E-state index in [9.17, 15) is 14.4 Å². The molecule has 1 N–H and O–H groups in total. The summed E-state index contributed by atoms with van der Waals surface area (Å²) in [7, 11) is 4.53. The molecule has 4 rings (SSSR count). The van der Waals surface area contributed by atoms with Crippen LogP contribution in [0, 0.1) is 0 Å². The highest BCUT2D eigenvalue weighted by atomic mass is 16.5. The molecule has 0 unspecified atom stereocenters. The van der Waals surface area contributed by atoms with Crippen molar-refractivity contribution in [1.82, 2.24) is 18.7 Å². The van der Waals surface area contributed by atoms with Crippen molar-refractivity contribution in [2.75, 3.05) is 33.3 Å². The lowest BCUT2D eigenvalue weighted by atomic mass is 10.2. The number of ether oxygens (including phenoxy) is 3. The van der Waals surface area contributed by atoms with Crippen molar-refractivity contribution in [3.63, 3.8) is 0 Å². The van der Waals surface area contributed by atoms with Crippen LogP contribution in [0.5, 0.6) is 11.5 Å². The van der Waals surface area contributed by atoms with Gasteiger partial charge < -0.3 is 24.1 Å². The second-order valence-electron chi connectivity index (χ2n) is 7.96. The minimum Gasteiger partial charge on any atom is -0.497 e. The van der Waals surface area contributed by atoms with E-state index in [1.54, 1.807) is 29.9 Å². The van der Waals surface area contributed by atoms with E-state index in [2.05, 4.69) is 10.3 Å². The Hall–Kier alpha value is -4.38. The molecule has 4 aromatic rings. The number of imidazole rings is 1. The summed E-state index contributed by atoms with van der Waals surface area (Å²) in [4.78, 5) is 44.2. The highest BCUT2D eigenvalue weighted by Gasteiger charge is 2.20. The number of carbonyl (C=O) groups is 1. The third kappa shape index (κ3) is 5.01. The van der Waals surface area contributed by atoms with Gasteiger partial charge in [0.2, 0.25) is 5.91 Å². The van der Waals surface area contributed by atoms with Gasteiger partial charge in [0.15, 0.2) is 11.2 Å². The number of hydrogen-bond acceptors (Lipinski definition) is 7. The fourth-order valence-electron chi connectivity index (χ4n) is 3.89. The summed E-state index contributed by atoms with van der Waals surface area (Å²) in [5, 5.41) is 2.70. The predicted octanol–water partition coefficient (Wildman–Crippen LogP) is 1.71. The zero-order valence-corrected chi connectivity index (χ0v) is 20.3. The SMILES string of the molecule is COCCn1cnc2c1c(=O)n(CC(=O)Nc1cc(OC)ccc1OC)c(=O)n2Cc1ccccc1. The largest absolute Gasteiger partial charge is 0.497 e. The average molecular weight is 494 g/mol. The zero-order chi connectivity index (χ0) is 25.7. The van der Waals surface area contributed by atoms with E-state index in [0.717, 1.165) is 10.1 Å². The minimum atomic E-state index is -0.638. The molecule has 0 bridgehead atoms. The molecule has 2 heterocycles. The number of rotatable bonds is 10. The van der Waals surface area contributed by atoms with Crippen molar-refractivity contribution in [2.24, 2.45) is 0 Å². The van der Waals surface area contributed by atoms with Crippen LogP contribution in [-0.4, -0.2) is 52.5 Å². The monoisotopic (exact) mass is 493 g/mol. The number of carbonyl (C=O) groups excluding carboxylic acids is 1. The number of fused-ring (bicyclic) bond motifs is 1. The molecule has 0 radical (unpaired) electrons. The summed E-state index contributed by atoms with van der Waals surface area (Å²) >= 11 is 0. The topological polar surface area (TPSA) is 119 Å². The van der Waals surface area contributed by atoms with Gasteiger partial charge in [0.1, 0.15) is 18.0 Å². The maximum absolute atomic E-state index is 13.5. The second-order valence-corrected chi connectivity index (χ2v) is 7.96. The fraction of sp³-hybridized carbons (Fsp3) is 0.280. The lowest BCUT2D eigenvalue weighted by Gasteiger charge is -2.14. The van der Waals surface area contributed by atoms with Crippen molar-refractivity contribution >= 4 is 22.8 Å². The lowest BCUT2D eigenvalue weighted by Crippen LogP contribution is -2.43. The van der Waals surface area contributed by atoms with Gasteiger partial charge in [0.05, 0.1) is 39.4 Å². The van der Waals surface area contributed by atoms with Gasteiger partial charge in [0, 0.05) is 19.7 Å². The van der Waals surface area contributed by atoms with Crippen LogP contribution in [0.3, 0.4) is 0 Å². The average Bonchev–Trinajstić information content (AvgIpc) is 3.32. The quantitative estimate of drug-likeness (QED) is 0.357. The molecule has 0 aliphatic rings. The van der Waals surface area contributed by atoms with E-state index < -0.39 is 23.7 Å². The van der Waals surface area contributed by atoms with Gasteiger partial charge in [-0.15, -0.1) is 0 Å². The molecular formula is C25H27N5O6. The van der Waals surface area contributed by atoms with Crippen molar-refractivity contribution in [2.45, 2.75) is 19.6 Å².